The number of aryl methyl sites for hydroxylation is 2. The van der Waals surface area contributed by atoms with Crippen molar-refractivity contribution in [1.29, 1.82) is 0 Å². The van der Waals surface area contributed by atoms with Crippen molar-refractivity contribution in [3.63, 3.8) is 0 Å². The van der Waals surface area contributed by atoms with Gasteiger partial charge in [-0.05, 0) is 19.9 Å². The first-order valence-corrected chi connectivity index (χ1v) is 5.57. The van der Waals surface area contributed by atoms with Crippen LogP contribution in [0.2, 0.25) is 0 Å². The Morgan fingerprint density at radius 1 is 1.28 bits per heavy atom. The summed E-state index contributed by atoms with van der Waals surface area (Å²) in [6.45, 7) is 3.89. The first-order valence-electron chi connectivity index (χ1n) is 5.57. The molecule has 0 saturated heterocycles. The van der Waals surface area contributed by atoms with Gasteiger partial charge in [-0.2, -0.15) is 5.10 Å². The van der Waals surface area contributed by atoms with Crippen LogP contribution in [-0.2, 0) is 0 Å². The first-order chi connectivity index (χ1) is 8.49. The van der Waals surface area contributed by atoms with Crippen LogP contribution in [0.3, 0.4) is 0 Å². The molecule has 0 fully saturated rings. The summed E-state index contributed by atoms with van der Waals surface area (Å²) in [5, 5.41) is 6.13. The van der Waals surface area contributed by atoms with Gasteiger partial charge in [-0.15, -0.1) is 0 Å². The zero-order valence-electron chi connectivity index (χ0n) is 11.0. The van der Waals surface area contributed by atoms with Crippen LogP contribution in [-0.4, -0.2) is 38.9 Å². The van der Waals surface area contributed by atoms with Crippen LogP contribution in [0.25, 0.3) is 5.82 Å². The standard InChI is InChI=1S/C11H17N7/c1-7-5-8(2)18(15-7)11-9(12)10(13-6-14-11)16-17(3)4/h5-6H,12H2,1-4H3,(H,13,14,16). The summed E-state index contributed by atoms with van der Waals surface area (Å²) in [6, 6.07) is 1.97. The maximum atomic E-state index is 6.07. The minimum absolute atomic E-state index is 0.470. The fourth-order valence-electron chi connectivity index (χ4n) is 1.70. The second-order valence-corrected chi connectivity index (χ2v) is 4.30. The quantitative estimate of drug-likeness (QED) is 0.778. The molecule has 0 aliphatic heterocycles. The third kappa shape index (κ3) is 2.25. The Labute approximate surface area is 106 Å². The van der Waals surface area contributed by atoms with Crippen molar-refractivity contribution >= 4 is 11.5 Å². The summed E-state index contributed by atoms with van der Waals surface area (Å²) in [5.74, 6) is 1.15. The SMILES string of the molecule is Cc1cc(C)n(-c2ncnc(NN(C)C)c2N)n1. The molecule has 0 aliphatic rings. The van der Waals surface area contributed by atoms with E-state index in [1.165, 1.54) is 6.33 Å². The van der Waals surface area contributed by atoms with E-state index in [2.05, 4.69) is 20.5 Å². The summed E-state index contributed by atoms with van der Waals surface area (Å²) >= 11 is 0. The topological polar surface area (TPSA) is 84.9 Å². The predicted octanol–water partition coefficient (Wildman–Crippen LogP) is 0.750. The molecule has 0 radical (unpaired) electrons. The van der Waals surface area contributed by atoms with E-state index >= 15 is 0 Å². The van der Waals surface area contributed by atoms with Gasteiger partial charge in [-0.1, -0.05) is 0 Å². The lowest BCUT2D eigenvalue weighted by Crippen LogP contribution is -2.22. The third-order valence-corrected chi connectivity index (χ3v) is 2.40. The van der Waals surface area contributed by atoms with Gasteiger partial charge in [0.1, 0.15) is 12.0 Å². The van der Waals surface area contributed by atoms with Crippen LogP contribution < -0.4 is 11.2 Å². The molecular weight excluding hydrogens is 230 g/mol. The molecule has 0 saturated carbocycles. The number of nitrogen functional groups attached to an aromatic ring is 1. The van der Waals surface area contributed by atoms with Crippen molar-refractivity contribution in [2.75, 3.05) is 25.3 Å². The average Bonchev–Trinajstić information content (AvgIpc) is 2.60. The maximum Gasteiger partial charge on any atom is 0.182 e. The molecule has 7 nitrogen and oxygen atoms in total. The van der Waals surface area contributed by atoms with Gasteiger partial charge in [0.2, 0.25) is 0 Å². The van der Waals surface area contributed by atoms with E-state index < -0.39 is 0 Å². The average molecular weight is 247 g/mol. The Bertz CT molecular complexity index is 559. The minimum Gasteiger partial charge on any atom is -0.393 e. The van der Waals surface area contributed by atoms with Gasteiger partial charge in [0.05, 0.1) is 5.69 Å². The number of nitrogens with zero attached hydrogens (tertiary/aromatic N) is 5. The Morgan fingerprint density at radius 3 is 2.56 bits per heavy atom. The molecule has 3 N–H and O–H groups in total. The zero-order valence-corrected chi connectivity index (χ0v) is 11.0. The highest BCUT2D eigenvalue weighted by Crippen LogP contribution is 2.22. The third-order valence-electron chi connectivity index (χ3n) is 2.40. The number of hydrazine groups is 1. The van der Waals surface area contributed by atoms with E-state index in [1.807, 2.05) is 34.0 Å². The normalized spacial score (nSPS) is 10.9. The molecule has 0 bridgehead atoms. The van der Waals surface area contributed by atoms with E-state index in [-0.39, 0.29) is 0 Å². The van der Waals surface area contributed by atoms with Crippen molar-refractivity contribution in [2.45, 2.75) is 13.8 Å². The van der Waals surface area contributed by atoms with Gasteiger partial charge in [-0.25, -0.2) is 19.7 Å². The number of rotatable bonds is 3. The van der Waals surface area contributed by atoms with Gasteiger partial charge in [-0.3, -0.25) is 0 Å². The lowest BCUT2D eigenvalue weighted by molar-refractivity contribution is 0.492. The van der Waals surface area contributed by atoms with Crippen molar-refractivity contribution < 1.29 is 0 Å². The van der Waals surface area contributed by atoms with Crippen molar-refractivity contribution in [1.82, 2.24) is 24.8 Å². The molecule has 2 rings (SSSR count). The number of hydrogen-bond acceptors (Lipinski definition) is 6. The number of nitrogens with one attached hydrogen (secondary N) is 1. The fraction of sp³-hybridized carbons (Fsp3) is 0.364. The molecule has 0 amide bonds. The molecule has 0 unspecified atom stereocenters. The molecule has 7 heteroatoms. The van der Waals surface area contributed by atoms with Crippen molar-refractivity contribution in [2.24, 2.45) is 0 Å². The number of nitrogens with two attached hydrogens (primary N) is 1. The molecule has 2 heterocycles. The van der Waals surface area contributed by atoms with Crippen LogP contribution in [0.1, 0.15) is 11.4 Å². The largest absolute Gasteiger partial charge is 0.393 e. The summed E-state index contributed by atoms with van der Waals surface area (Å²) in [7, 11) is 3.73. The van der Waals surface area contributed by atoms with E-state index in [1.54, 1.807) is 9.69 Å². The fourth-order valence-corrected chi connectivity index (χ4v) is 1.70. The highest BCUT2D eigenvalue weighted by molar-refractivity contribution is 5.68. The summed E-state index contributed by atoms with van der Waals surface area (Å²) in [5.41, 5.74) is 11.5. The molecule has 2 aromatic rings. The Kier molecular flexibility index (Phi) is 3.15. The highest BCUT2D eigenvalue weighted by Gasteiger charge is 2.13. The van der Waals surface area contributed by atoms with Gasteiger partial charge in [0.15, 0.2) is 11.6 Å². The highest BCUT2D eigenvalue weighted by atomic mass is 15.5. The monoisotopic (exact) mass is 247 g/mol. The smallest absolute Gasteiger partial charge is 0.182 e. The second kappa shape index (κ2) is 4.61. The number of hydrogen-bond donors (Lipinski definition) is 2. The lowest BCUT2D eigenvalue weighted by Gasteiger charge is -2.15. The molecule has 0 aliphatic carbocycles. The summed E-state index contributed by atoms with van der Waals surface area (Å²) < 4.78 is 1.72. The molecule has 0 aromatic carbocycles. The van der Waals surface area contributed by atoms with Crippen LogP contribution in [0, 0.1) is 13.8 Å². The lowest BCUT2D eigenvalue weighted by atomic mass is 10.4. The number of aromatic nitrogens is 4. The van der Waals surface area contributed by atoms with Gasteiger partial charge >= 0.3 is 0 Å². The molecule has 0 spiro atoms. The van der Waals surface area contributed by atoms with E-state index in [9.17, 15) is 0 Å². The van der Waals surface area contributed by atoms with Crippen molar-refractivity contribution in [3.8, 4) is 5.82 Å². The van der Waals surface area contributed by atoms with Crippen LogP contribution in [0.5, 0.6) is 0 Å². The van der Waals surface area contributed by atoms with Gasteiger partial charge in [0.25, 0.3) is 0 Å². The van der Waals surface area contributed by atoms with E-state index in [0.717, 1.165) is 11.4 Å². The Hall–Kier alpha value is -2.15. The van der Waals surface area contributed by atoms with Crippen LogP contribution in [0.15, 0.2) is 12.4 Å². The minimum atomic E-state index is 0.470. The van der Waals surface area contributed by atoms with Gasteiger partial charge in [0, 0.05) is 19.8 Å². The summed E-state index contributed by atoms with van der Waals surface area (Å²) in [4.78, 5) is 8.31. The first kappa shape index (κ1) is 12.3. The molecular formula is C11H17N7. The van der Waals surface area contributed by atoms with E-state index in [0.29, 0.717) is 17.3 Å². The molecule has 18 heavy (non-hydrogen) atoms. The molecule has 96 valence electrons. The number of anilines is 2. The Balaban J connectivity index is 2.49. The molecule has 0 atom stereocenters. The maximum absolute atomic E-state index is 6.07. The Morgan fingerprint density at radius 2 is 2.00 bits per heavy atom. The summed E-state index contributed by atoms with van der Waals surface area (Å²) in [6.07, 6.45) is 1.47. The van der Waals surface area contributed by atoms with Gasteiger partial charge < -0.3 is 11.2 Å². The van der Waals surface area contributed by atoms with Crippen LogP contribution in [0.4, 0.5) is 11.5 Å². The van der Waals surface area contributed by atoms with E-state index in [4.69, 9.17) is 5.73 Å². The molecule has 2 aromatic heterocycles. The van der Waals surface area contributed by atoms with Crippen molar-refractivity contribution in [3.05, 3.63) is 23.8 Å². The second-order valence-electron chi connectivity index (χ2n) is 4.30. The zero-order chi connectivity index (χ0) is 13.3. The predicted molar refractivity (Wildman–Crippen MR) is 70.4 cm³/mol. The van der Waals surface area contributed by atoms with Crippen LogP contribution >= 0.6 is 0 Å².